The Morgan fingerprint density at radius 1 is 1.14 bits per heavy atom. The second-order valence-electron chi connectivity index (χ2n) is 7.61. The van der Waals surface area contributed by atoms with E-state index in [2.05, 4.69) is 5.32 Å². The Morgan fingerprint density at radius 3 is 2.31 bits per heavy atom. The topological polar surface area (TPSA) is 35.6 Å². The van der Waals surface area contributed by atoms with Crippen LogP contribution < -0.4 is 5.32 Å². The number of rotatable bonds is 5. The molecule has 0 aliphatic carbocycles. The molecular formula is C22H26F3N3O. The van der Waals surface area contributed by atoms with Gasteiger partial charge in [0, 0.05) is 19.6 Å². The smallest absolute Gasteiger partial charge is 0.318 e. The second-order valence-corrected chi connectivity index (χ2v) is 7.61. The van der Waals surface area contributed by atoms with E-state index < -0.39 is 18.2 Å². The van der Waals surface area contributed by atoms with Crippen LogP contribution in [-0.2, 0) is 6.54 Å². The molecular weight excluding hydrogens is 379 g/mol. The van der Waals surface area contributed by atoms with Crippen molar-refractivity contribution in [3.05, 3.63) is 71.3 Å². The minimum atomic E-state index is -1.18. The van der Waals surface area contributed by atoms with Crippen molar-refractivity contribution < 1.29 is 18.0 Å². The van der Waals surface area contributed by atoms with Gasteiger partial charge in [0.05, 0.1) is 12.1 Å². The molecule has 0 bridgehead atoms. The lowest BCUT2D eigenvalue weighted by Crippen LogP contribution is -2.55. The zero-order valence-corrected chi connectivity index (χ0v) is 16.6. The van der Waals surface area contributed by atoms with Crippen molar-refractivity contribution in [1.29, 1.82) is 0 Å². The fourth-order valence-electron chi connectivity index (χ4n) is 3.62. The van der Waals surface area contributed by atoms with E-state index in [-0.39, 0.29) is 30.8 Å². The summed E-state index contributed by atoms with van der Waals surface area (Å²) < 4.78 is 41.2. The molecule has 1 aliphatic rings. The van der Waals surface area contributed by atoms with Crippen molar-refractivity contribution in [3.63, 3.8) is 0 Å². The molecule has 2 amide bonds. The Morgan fingerprint density at radius 2 is 1.72 bits per heavy atom. The summed E-state index contributed by atoms with van der Waals surface area (Å²) in [4.78, 5) is 16.5. The minimum Gasteiger partial charge on any atom is -0.331 e. The molecule has 0 spiro atoms. The number of hydrogen-bond acceptors (Lipinski definition) is 2. The van der Waals surface area contributed by atoms with Crippen LogP contribution in [0.4, 0.5) is 18.0 Å². The average Bonchev–Trinajstić information content (AvgIpc) is 2.68. The number of carbonyl (C=O) groups excluding carboxylic acids is 1. The lowest BCUT2D eigenvalue weighted by Gasteiger charge is -2.40. The summed E-state index contributed by atoms with van der Waals surface area (Å²) in [6.07, 6.45) is -0.668. The van der Waals surface area contributed by atoms with Gasteiger partial charge < -0.3 is 15.1 Å². The maximum absolute atomic E-state index is 14.8. The number of hydrogen-bond donors (Lipinski definition) is 1. The van der Waals surface area contributed by atoms with Crippen LogP contribution in [0, 0.1) is 11.6 Å². The third-order valence-corrected chi connectivity index (χ3v) is 5.35. The molecule has 7 heteroatoms. The molecule has 156 valence electrons. The van der Waals surface area contributed by atoms with Gasteiger partial charge in [-0.25, -0.2) is 18.0 Å². The average molecular weight is 405 g/mol. The highest BCUT2D eigenvalue weighted by atomic mass is 19.1. The van der Waals surface area contributed by atoms with Gasteiger partial charge >= 0.3 is 6.03 Å². The first-order chi connectivity index (χ1) is 13.8. The number of piperidine rings is 1. The number of benzene rings is 2. The standard InChI is InChI=1S/C22H26F3N3O/c1-15(17-5-9-19(24)10-6-17)26-22(29)28(13-16-3-7-18(23)8-4-16)21-11-12-27(2)14-20(21)25/h3-10,15,20-21H,11-14H2,1-2H3,(H,26,29)/t15-,20?,21?/m1/s1. The van der Waals surface area contributed by atoms with Crippen LogP contribution in [0.5, 0.6) is 0 Å². The molecule has 1 fully saturated rings. The Kier molecular flexibility index (Phi) is 6.79. The Hall–Kier alpha value is -2.54. The highest BCUT2D eigenvalue weighted by molar-refractivity contribution is 5.75. The zero-order chi connectivity index (χ0) is 21.0. The van der Waals surface area contributed by atoms with E-state index in [1.807, 2.05) is 11.9 Å². The van der Waals surface area contributed by atoms with Gasteiger partial charge in [0.2, 0.25) is 0 Å². The van der Waals surface area contributed by atoms with Crippen molar-refractivity contribution in [1.82, 2.24) is 15.1 Å². The molecule has 3 rings (SSSR count). The summed E-state index contributed by atoms with van der Waals surface area (Å²) in [5.41, 5.74) is 1.48. The minimum absolute atomic E-state index is 0.178. The molecule has 0 radical (unpaired) electrons. The molecule has 0 saturated carbocycles. The molecule has 2 aromatic rings. The summed E-state index contributed by atoms with van der Waals surface area (Å²) >= 11 is 0. The van der Waals surface area contributed by atoms with Crippen molar-refractivity contribution in [2.75, 3.05) is 20.1 Å². The van der Waals surface area contributed by atoms with Crippen LogP contribution >= 0.6 is 0 Å². The number of nitrogens with one attached hydrogen (secondary N) is 1. The van der Waals surface area contributed by atoms with E-state index >= 15 is 0 Å². The lowest BCUT2D eigenvalue weighted by atomic mass is 10.0. The third-order valence-electron chi connectivity index (χ3n) is 5.35. The highest BCUT2D eigenvalue weighted by Gasteiger charge is 2.35. The Balaban J connectivity index is 1.78. The Bertz CT molecular complexity index is 813. The number of nitrogens with zero attached hydrogens (tertiary/aromatic N) is 2. The van der Waals surface area contributed by atoms with E-state index in [4.69, 9.17) is 0 Å². The van der Waals surface area contributed by atoms with E-state index in [1.165, 1.54) is 29.2 Å². The SMILES string of the molecule is C[C@@H](NC(=O)N(Cc1ccc(F)cc1)C1CCN(C)CC1F)c1ccc(F)cc1. The quantitative estimate of drug-likeness (QED) is 0.806. The molecule has 2 unspecified atom stereocenters. The van der Waals surface area contributed by atoms with Gasteiger partial charge in [-0.2, -0.15) is 0 Å². The predicted molar refractivity (Wildman–Crippen MR) is 106 cm³/mol. The highest BCUT2D eigenvalue weighted by Crippen LogP contribution is 2.23. The summed E-state index contributed by atoms with van der Waals surface area (Å²) in [5, 5.41) is 2.89. The van der Waals surface area contributed by atoms with Gasteiger partial charge in [-0.05, 0) is 55.8 Å². The number of likely N-dealkylation sites (tertiary alicyclic amines) is 1. The van der Waals surface area contributed by atoms with Gasteiger partial charge in [-0.3, -0.25) is 0 Å². The fourth-order valence-corrected chi connectivity index (χ4v) is 3.62. The number of alkyl halides is 1. The van der Waals surface area contributed by atoms with Crippen LogP contribution in [0.1, 0.15) is 30.5 Å². The Labute approximate surface area is 169 Å². The lowest BCUT2D eigenvalue weighted by molar-refractivity contribution is 0.0565. The van der Waals surface area contributed by atoms with Gasteiger partial charge in [-0.1, -0.05) is 24.3 Å². The largest absolute Gasteiger partial charge is 0.331 e. The third kappa shape index (κ3) is 5.50. The van der Waals surface area contributed by atoms with E-state index in [0.717, 1.165) is 11.1 Å². The molecule has 1 N–H and O–H groups in total. The van der Waals surface area contributed by atoms with Crippen LogP contribution in [0.3, 0.4) is 0 Å². The van der Waals surface area contributed by atoms with E-state index in [1.54, 1.807) is 31.2 Å². The van der Waals surface area contributed by atoms with Crippen molar-refractivity contribution in [3.8, 4) is 0 Å². The van der Waals surface area contributed by atoms with E-state index in [9.17, 15) is 18.0 Å². The van der Waals surface area contributed by atoms with Gasteiger partial charge in [0.25, 0.3) is 0 Å². The molecule has 1 heterocycles. The van der Waals surface area contributed by atoms with Crippen molar-refractivity contribution >= 4 is 6.03 Å². The monoisotopic (exact) mass is 405 g/mol. The van der Waals surface area contributed by atoms with Crippen LogP contribution in [-0.4, -0.2) is 48.2 Å². The molecule has 1 saturated heterocycles. The normalized spacial score (nSPS) is 20.9. The first-order valence-electron chi connectivity index (χ1n) is 9.73. The van der Waals surface area contributed by atoms with Crippen molar-refractivity contribution in [2.24, 2.45) is 0 Å². The first-order valence-corrected chi connectivity index (χ1v) is 9.73. The van der Waals surface area contributed by atoms with Crippen molar-refractivity contribution in [2.45, 2.75) is 38.1 Å². The second kappa shape index (κ2) is 9.31. The van der Waals surface area contributed by atoms with Gasteiger partial charge in [0.15, 0.2) is 0 Å². The molecule has 4 nitrogen and oxygen atoms in total. The molecule has 2 aromatic carbocycles. The van der Waals surface area contributed by atoms with Crippen LogP contribution in [0.15, 0.2) is 48.5 Å². The van der Waals surface area contributed by atoms with Crippen LogP contribution in [0.25, 0.3) is 0 Å². The predicted octanol–water partition coefficient (Wildman–Crippen LogP) is 4.28. The number of carbonyl (C=O) groups is 1. The maximum atomic E-state index is 14.8. The molecule has 3 atom stereocenters. The first kappa shape index (κ1) is 21.2. The molecule has 1 aliphatic heterocycles. The summed E-state index contributed by atoms with van der Waals surface area (Å²) in [6.45, 7) is 2.91. The number of halogens is 3. The maximum Gasteiger partial charge on any atom is 0.318 e. The zero-order valence-electron chi connectivity index (χ0n) is 16.6. The van der Waals surface area contributed by atoms with Crippen LogP contribution in [0.2, 0.25) is 0 Å². The van der Waals surface area contributed by atoms with Gasteiger partial charge in [0.1, 0.15) is 17.8 Å². The fraction of sp³-hybridized carbons (Fsp3) is 0.409. The summed E-state index contributed by atoms with van der Waals surface area (Å²) in [5.74, 6) is -0.714. The number of amides is 2. The molecule has 0 aromatic heterocycles. The molecule has 29 heavy (non-hydrogen) atoms. The summed E-state index contributed by atoms with van der Waals surface area (Å²) in [6, 6.07) is 10.4. The van der Waals surface area contributed by atoms with Gasteiger partial charge in [-0.15, -0.1) is 0 Å². The van der Waals surface area contributed by atoms with E-state index in [0.29, 0.717) is 13.0 Å². The summed E-state index contributed by atoms with van der Waals surface area (Å²) in [7, 11) is 1.85. The number of urea groups is 1.